The molecule has 11 heteroatoms. The zero-order valence-corrected chi connectivity index (χ0v) is 17.6. The third-order valence-corrected chi connectivity index (χ3v) is 7.65. The van der Waals surface area contributed by atoms with Crippen LogP contribution in [0.15, 0.2) is 52.3 Å². The van der Waals surface area contributed by atoms with E-state index in [0.717, 1.165) is 0 Å². The molecule has 1 N–H and O–H groups in total. The maximum Gasteiger partial charge on any atom is 0.265 e. The normalized spacial score (nSPS) is 15.7. The third-order valence-electron chi connectivity index (χ3n) is 4.35. The molecule has 0 saturated carbocycles. The van der Waals surface area contributed by atoms with Crippen molar-refractivity contribution in [2.45, 2.75) is 9.79 Å². The minimum atomic E-state index is -4.06. The molecular weight excluding hydrogens is 420 g/mol. The molecule has 1 saturated heterocycles. The van der Waals surface area contributed by atoms with Crippen LogP contribution in [0.2, 0.25) is 0 Å². The minimum absolute atomic E-state index is 0.00259. The van der Waals surface area contributed by atoms with Crippen molar-refractivity contribution in [2.75, 3.05) is 45.2 Å². The third kappa shape index (κ3) is 4.64. The number of benzene rings is 2. The first-order valence-electron chi connectivity index (χ1n) is 8.71. The van der Waals surface area contributed by atoms with Gasteiger partial charge in [-0.2, -0.15) is 4.31 Å². The quantitative estimate of drug-likeness (QED) is 0.692. The Kier molecular flexibility index (Phi) is 6.32. The smallest absolute Gasteiger partial charge is 0.265 e. The summed E-state index contributed by atoms with van der Waals surface area (Å²) in [4.78, 5) is -0.127. The fourth-order valence-electron chi connectivity index (χ4n) is 2.86. The summed E-state index contributed by atoms with van der Waals surface area (Å²) in [6, 6.07) is 10.1. The second kappa shape index (κ2) is 8.57. The molecule has 0 aliphatic carbocycles. The molecule has 9 nitrogen and oxygen atoms in total. The number of anilines is 1. The lowest BCUT2D eigenvalue weighted by Crippen LogP contribution is -2.40. The number of nitrogens with one attached hydrogen (secondary N) is 1. The van der Waals surface area contributed by atoms with Crippen LogP contribution in [0.3, 0.4) is 0 Å². The summed E-state index contributed by atoms with van der Waals surface area (Å²) in [5, 5.41) is 0. The van der Waals surface area contributed by atoms with E-state index in [1.54, 1.807) is 6.07 Å². The van der Waals surface area contributed by atoms with Crippen molar-refractivity contribution in [2.24, 2.45) is 0 Å². The molecule has 3 rings (SSSR count). The molecule has 0 aromatic heterocycles. The van der Waals surface area contributed by atoms with Gasteiger partial charge in [-0.3, -0.25) is 4.72 Å². The van der Waals surface area contributed by atoms with Crippen LogP contribution in [-0.2, 0) is 24.8 Å². The van der Waals surface area contributed by atoms with E-state index in [4.69, 9.17) is 14.2 Å². The molecule has 29 heavy (non-hydrogen) atoms. The maximum absolute atomic E-state index is 12.9. The monoisotopic (exact) mass is 442 g/mol. The largest absolute Gasteiger partial charge is 0.497 e. The second-order valence-corrected chi connectivity index (χ2v) is 9.76. The van der Waals surface area contributed by atoms with Crippen LogP contribution in [0, 0.1) is 0 Å². The van der Waals surface area contributed by atoms with Gasteiger partial charge in [0.1, 0.15) is 16.4 Å². The topological polar surface area (TPSA) is 111 Å². The lowest BCUT2D eigenvalue weighted by Gasteiger charge is -2.26. The molecule has 2 aromatic carbocycles. The maximum atomic E-state index is 12.9. The summed E-state index contributed by atoms with van der Waals surface area (Å²) < 4.78 is 70.5. The predicted molar refractivity (Wildman–Crippen MR) is 106 cm³/mol. The van der Waals surface area contributed by atoms with Gasteiger partial charge in [0.2, 0.25) is 10.0 Å². The number of hydrogen-bond donors (Lipinski definition) is 1. The van der Waals surface area contributed by atoms with E-state index in [1.165, 1.54) is 54.9 Å². The predicted octanol–water partition coefficient (Wildman–Crippen LogP) is 1.53. The molecule has 0 atom stereocenters. The van der Waals surface area contributed by atoms with Gasteiger partial charge in [0.25, 0.3) is 10.0 Å². The highest BCUT2D eigenvalue weighted by molar-refractivity contribution is 7.92. The van der Waals surface area contributed by atoms with Gasteiger partial charge in [0.15, 0.2) is 0 Å². The zero-order chi connectivity index (χ0) is 21.1. The molecule has 1 fully saturated rings. The molecule has 1 heterocycles. The molecule has 2 aromatic rings. The van der Waals surface area contributed by atoms with Gasteiger partial charge in [-0.25, -0.2) is 16.8 Å². The van der Waals surface area contributed by atoms with Crippen LogP contribution in [0.4, 0.5) is 5.69 Å². The molecule has 0 unspecified atom stereocenters. The summed E-state index contributed by atoms with van der Waals surface area (Å²) in [7, 11) is -5.03. The van der Waals surface area contributed by atoms with Crippen LogP contribution in [0.5, 0.6) is 11.5 Å². The number of methoxy groups -OCH3 is 2. The Morgan fingerprint density at radius 2 is 1.69 bits per heavy atom. The summed E-state index contributed by atoms with van der Waals surface area (Å²) in [5.74, 6) is 0.477. The minimum Gasteiger partial charge on any atom is -0.497 e. The van der Waals surface area contributed by atoms with E-state index in [0.29, 0.717) is 19.0 Å². The Hall–Kier alpha value is -2.34. The molecule has 1 aliphatic rings. The lowest BCUT2D eigenvalue weighted by atomic mass is 10.3. The van der Waals surface area contributed by atoms with Crippen molar-refractivity contribution in [1.82, 2.24) is 4.31 Å². The number of hydrogen-bond acceptors (Lipinski definition) is 7. The van der Waals surface area contributed by atoms with Crippen LogP contribution < -0.4 is 14.2 Å². The van der Waals surface area contributed by atoms with Crippen LogP contribution in [0.1, 0.15) is 0 Å². The summed E-state index contributed by atoms with van der Waals surface area (Å²) >= 11 is 0. The molecule has 0 bridgehead atoms. The van der Waals surface area contributed by atoms with E-state index in [-0.39, 0.29) is 34.3 Å². The number of morpholine rings is 1. The van der Waals surface area contributed by atoms with Crippen molar-refractivity contribution in [1.29, 1.82) is 0 Å². The fraction of sp³-hybridized carbons (Fsp3) is 0.333. The average molecular weight is 443 g/mol. The van der Waals surface area contributed by atoms with E-state index in [9.17, 15) is 16.8 Å². The van der Waals surface area contributed by atoms with Crippen molar-refractivity contribution in [3.8, 4) is 11.5 Å². The molecule has 158 valence electrons. The second-order valence-electron chi connectivity index (χ2n) is 6.17. The lowest BCUT2D eigenvalue weighted by molar-refractivity contribution is 0.0730. The van der Waals surface area contributed by atoms with Crippen molar-refractivity contribution in [3.63, 3.8) is 0 Å². The number of rotatable bonds is 7. The van der Waals surface area contributed by atoms with E-state index in [2.05, 4.69) is 4.72 Å². The van der Waals surface area contributed by atoms with Gasteiger partial charge in [-0.15, -0.1) is 0 Å². The van der Waals surface area contributed by atoms with Crippen LogP contribution in [-0.4, -0.2) is 61.7 Å². The van der Waals surface area contributed by atoms with Gasteiger partial charge in [-0.05, 0) is 30.3 Å². The number of sulfonamides is 2. The summed E-state index contributed by atoms with van der Waals surface area (Å²) in [6.45, 7) is 1.14. The van der Waals surface area contributed by atoms with E-state index < -0.39 is 20.0 Å². The summed E-state index contributed by atoms with van der Waals surface area (Å²) in [5.41, 5.74) is 0.115. The SMILES string of the molecule is COc1ccc(OC)c(S(=O)(=O)Nc2cccc(S(=O)(=O)N3CCOCC3)c2)c1. The first-order valence-corrected chi connectivity index (χ1v) is 11.6. The number of ether oxygens (including phenoxy) is 3. The van der Waals surface area contributed by atoms with Gasteiger partial charge in [0.05, 0.1) is 38.0 Å². The summed E-state index contributed by atoms with van der Waals surface area (Å²) in [6.07, 6.45) is 0. The Balaban J connectivity index is 1.92. The molecule has 0 radical (unpaired) electrons. The van der Waals surface area contributed by atoms with E-state index in [1.807, 2.05) is 0 Å². The average Bonchev–Trinajstić information content (AvgIpc) is 2.73. The van der Waals surface area contributed by atoms with Gasteiger partial charge in [-0.1, -0.05) is 6.07 Å². The van der Waals surface area contributed by atoms with Crippen molar-refractivity contribution >= 4 is 25.7 Å². The Bertz CT molecular complexity index is 1080. The fourth-order valence-corrected chi connectivity index (χ4v) is 5.55. The van der Waals surface area contributed by atoms with Gasteiger partial charge < -0.3 is 14.2 Å². The highest BCUT2D eigenvalue weighted by Crippen LogP contribution is 2.30. The number of nitrogens with zero attached hydrogens (tertiary/aromatic N) is 1. The van der Waals surface area contributed by atoms with Crippen LogP contribution in [0.25, 0.3) is 0 Å². The van der Waals surface area contributed by atoms with Gasteiger partial charge in [0, 0.05) is 19.2 Å². The van der Waals surface area contributed by atoms with Crippen molar-refractivity contribution in [3.05, 3.63) is 42.5 Å². The highest BCUT2D eigenvalue weighted by atomic mass is 32.2. The Labute approximate surface area is 170 Å². The van der Waals surface area contributed by atoms with Crippen molar-refractivity contribution < 1.29 is 31.0 Å². The van der Waals surface area contributed by atoms with Crippen LogP contribution >= 0.6 is 0 Å². The standard InChI is InChI=1S/C18H22N2O7S2/c1-25-15-6-7-17(26-2)18(13-15)28(21,22)19-14-4-3-5-16(12-14)29(23,24)20-8-10-27-11-9-20/h3-7,12-13,19H,8-11H2,1-2H3. The van der Waals surface area contributed by atoms with E-state index >= 15 is 0 Å². The first kappa shape index (κ1) is 21.4. The first-order chi connectivity index (χ1) is 13.8. The Morgan fingerprint density at radius 3 is 2.34 bits per heavy atom. The molecule has 1 aliphatic heterocycles. The van der Waals surface area contributed by atoms with Gasteiger partial charge >= 0.3 is 0 Å². The zero-order valence-electron chi connectivity index (χ0n) is 16.0. The Morgan fingerprint density at radius 1 is 0.966 bits per heavy atom. The molecule has 0 spiro atoms. The molecular formula is C18H22N2O7S2. The molecule has 0 amide bonds. The highest BCUT2D eigenvalue weighted by Gasteiger charge is 2.27.